The van der Waals surface area contributed by atoms with Gasteiger partial charge in [-0.15, -0.1) is 0 Å². The van der Waals surface area contributed by atoms with Crippen LogP contribution >= 0.6 is 15.9 Å². The minimum absolute atomic E-state index is 0.177. The van der Waals surface area contributed by atoms with Crippen LogP contribution in [0.3, 0.4) is 0 Å². The van der Waals surface area contributed by atoms with Crippen LogP contribution in [-0.4, -0.2) is 0 Å². The first-order chi connectivity index (χ1) is 10.1. The monoisotopic (exact) mass is 344 g/mol. The molecule has 0 aliphatic heterocycles. The fourth-order valence-corrected chi connectivity index (χ4v) is 2.73. The topological polar surface area (TPSA) is 39.4 Å². The maximum Gasteiger partial charge on any atom is 0.342 e. The molecule has 0 amide bonds. The standard InChI is InChI=1S/C17H13BrO3/c1-11-5-4-7-14(18)16(11)20-10-13-9-12-6-2-3-8-15(12)21-17(13)19/h2-9H,10H2,1H3. The Morgan fingerprint density at radius 2 is 1.95 bits per heavy atom. The second kappa shape index (κ2) is 5.74. The first-order valence-corrected chi connectivity index (χ1v) is 7.34. The Morgan fingerprint density at radius 3 is 2.76 bits per heavy atom. The van der Waals surface area contributed by atoms with Crippen molar-refractivity contribution in [3.8, 4) is 5.75 Å². The molecule has 2 aromatic carbocycles. The van der Waals surface area contributed by atoms with Gasteiger partial charge in [0.15, 0.2) is 0 Å². The zero-order chi connectivity index (χ0) is 14.8. The lowest BCUT2D eigenvalue weighted by Gasteiger charge is -2.10. The summed E-state index contributed by atoms with van der Waals surface area (Å²) in [5, 5.41) is 0.888. The van der Waals surface area contributed by atoms with E-state index in [4.69, 9.17) is 9.15 Å². The molecule has 3 nitrogen and oxygen atoms in total. The number of para-hydroxylation sites is 2. The Bertz CT molecular complexity index is 832. The van der Waals surface area contributed by atoms with E-state index in [2.05, 4.69) is 15.9 Å². The van der Waals surface area contributed by atoms with E-state index in [-0.39, 0.29) is 12.2 Å². The normalized spacial score (nSPS) is 10.8. The van der Waals surface area contributed by atoms with Crippen LogP contribution in [0, 0.1) is 6.92 Å². The molecular formula is C17H13BrO3. The lowest BCUT2D eigenvalue weighted by Crippen LogP contribution is -2.10. The lowest BCUT2D eigenvalue weighted by atomic mass is 10.2. The van der Waals surface area contributed by atoms with Gasteiger partial charge in [-0.3, -0.25) is 0 Å². The predicted octanol–water partition coefficient (Wildman–Crippen LogP) is 4.44. The number of aryl methyl sites for hydroxylation is 1. The van der Waals surface area contributed by atoms with Gasteiger partial charge in [0.2, 0.25) is 0 Å². The summed E-state index contributed by atoms with van der Waals surface area (Å²) in [6, 6.07) is 15.1. The maximum absolute atomic E-state index is 12.0. The molecule has 0 aliphatic rings. The largest absolute Gasteiger partial charge is 0.487 e. The summed E-state index contributed by atoms with van der Waals surface area (Å²) in [4.78, 5) is 12.0. The van der Waals surface area contributed by atoms with Gasteiger partial charge in [0.25, 0.3) is 0 Å². The SMILES string of the molecule is Cc1cccc(Br)c1OCc1cc2ccccc2oc1=O. The number of fused-ring (bicyclic) bond motifs is 1. The molecule has 0 N–H and O–H groups in total. The third-order valence-corrected chi connectivity index (χ3v) is 3.87. The molecule has 4 heteroatoms. The van der Waals surface area contributed by atoms with E-state index in [0.29, 0.717) is 11.1 Å². The first-order valence-electron chi connectivity index (χ1n) is 6.55. The molecule has 0 atom stereocenters. The van der Waals surface area contributed by atoms with Crippen LogP contribution in [0.2, 0.25) is 0 Å². The fourth-order valence-electron chi connectivity index (χ4n) is 2.15. The Hall–Kier alpha value is -2.07. The van der Waals surface area contributed by atoms with Crippen molar-refractivity contribution in [3.05, 3.63) is 74.6 Å². The highest BCUT2D eigenvalue weighted by Gasteiger charge is 2.09. The highest BCUT2D eigenvalue weighted by atomic mass is 79.9. The number of hydrogen-bond donors (Lipinski definition) is 0. The third-order valence-electron chi connectivity index (χ3n) is 3.25. The van der Waals surface area contributed by atoms with Crippen LogP contribution < -0.4 is 10.4 Å². The number of halogens is 1. The molecule has 0 saturated heterocycles. The quantitative estimate of drug-likeness (QED) is 0.659. The second-order valence-corrected chi connectivity index (χ2v) is 5.63. The molecule has 0 bridgehead atoms. The van der Waals surface area contributed by atoms with E-state index in [1.807, 2.05) is 49.4 Å². The molecule has 1 heterocycles. The molecule has 21 heavy (non-hydrogen) atoms. The van der Waals surface area contributed by atoms with E-state index in [9.17, 15) is 4.79 Å². The van der Waals surface area contributed by atoms with Gasteiger partial charge in [-0.1, -0.05) is 30.3 Å². The van der Waals surface area contributed by atoms with Gasteiger partial charge in [0.05, 0.1) is 10.0 Å². The van der Waals surface area contributed by atoms with Crippen LogP contribution in [0.4, 0.5) is 0 Å². The van der Waals surface area contributed by atoms with Gasteiger partial charge >= 0.3 is 5.63 Å². The Kier molecular flexibility index (Phi) is 3.80. The molecule has 0 spiro atoms. The summed E-state index contributed by atoms with van der Waals surface area (Å²) < 4.78 is 11.9. The van der Waals surface area contributed by atoms with Gasteiger partial charge in [-0.2, -0.15) is 0 Å². The molecule has 0 aliphatic carbocycles. The van der Waals surface area contributed by atoms with Crippen molar-refractivity contribution in [3.63, 3.8) is 0 Å². The second-order valence-electron chi connectivity index (χ2n) is 4.77. The molecule has 106 valence electrons. The van der Waals surface area contributed by atoms with Crippen molar-refractivity contribution in [2.75, 3.05) is 0 Å². The van der Waals surface area contributed by atoms with E-state index >= 15 is 0 Å². The van der Waals surface area contributed by atoms with E-state index in [0.717, 1.165) is 21.2 Å². The number of benzene rings is 2. The van der Waals surface area contributed by atoms with Crippen molar-refractivity contribution in [1.29, 1.82) is 0 Å². The summed E-state index contributed by atoms with van der Waals surface area (Å²) in [5.41, 5.74) is 1.74. The van der Waals surface area contributed by atoms with Crippen molar-refractivity contribution in [1.82, 2.24) is 0 Å². The zero-order valence-electron chi connectivity index (χ0n) is 11.4. The number of rotatable bonds is 3. The van der Waals surface area contributed by atoms with Crippen molar-refractivity contribution in [2.24, 2.45) is 0 Å². The van der Waals surface area contributed by atoms with Crippen molar-refractivity contribution >= 4 is 26.9 Å². The highest BCUT2D eigenvalue weighted by Crippen LogP contribution is 2.29. The van der Waals surface area contributed by atoms with Gasteiger partial charge in [-0.25, -0.2) is 4.79 Å². The van der Waals surface area contributed by atoms with E-state index < -0.39 is 0 Å². The van der Waals surface area contributed by atoms with E-state index in [1.54, 1.807) is 6.07 Å². The van der Waals surface area contributed by atoms with E-state index in [1.165, 1.54) is 0 Å². The van der Waals surface area contributed by atoms with Gasteiger partial charge < -0.3 is 9.15 Å². The maximum atomic E-state index is 12.0. The highest BCUT2D eigenvalue weighted by molar-refractivity contribution is 9.10. The van der Waals surface area contributed by atoms with Crippen molar-refractivity contribution < 1.29 is 9.15 Å². The molecule has 3 aromatic rings. The van der Waals surface area contributed by atoms with Crippen LogP contribution in [0.25, 0.3) is 11.0 Å². The van der Waals surface area contributed by atoms with Crippen LogP contribution in [0.15, 0.2) is 62.2 Å². The van der Waals surface area contributed by atoms with Gasteiger partial charge in [-0.05, 0) is 46.6 Å². The molecule has 0 saturated carbocycles. The summed E-state index contributed by atoms with van der Waals surface area (Å²) in [6.45, 7) is 2.14. The Morgan fingerprint density at radius 1 is 1.14 bits per heavy atom. The lowest BCUT2D eigenvalue weighted by molar-refractivity contribution is 0.296. The summed E-state index contributed by atoms with van der Waals surface area (Å²) in [5.74, 6) is 0.741. The minimum atomic E-state index is -0.363. The predicted molar refractivity (Wildman–Crippen MR) is 85.7 cm³/mol. The van der Waals surface area contributed by atoms with Crippen LogP contribution in [0.5, 0.6) is 5.75 Å². The zero-order valence-corrected chi connectivity index (χ0v) is 13.0. The number of ether oxygens (including phenoxy) is 1. The van der Waals surface area contributed by atoms with Gasteiger partial charge in [0.1, 0.15) is 17.9 Å². The Labute approximate surface area is 130 Å². The van der Waals surface area contributed by atoms with Crippen LogP contribution in [-0.2, 0) is 6.61 Å². The summed E-state index contributed by atoms with van der Waals surface area (Å²) in [7, 11) is 0. The number of hydrogen-bond acceptors (Lipinski definition) is 3. The average molecular weight is 345 g/mol. The Balaban J connectivity index is 1.92. The fraction of sp³-hybridized carbons (Fsp3) is 0.118. The average Bonchev–Trinajstić information content (AvgIpc) is 2.47. The minimum Gasteiger partial charge on any atom is -0.487 e. The van der Waals surface area contributed by atoms with Gasteiger partial charge in [0, 0.05) is 5.39 Å². The van der Waals surface area contributed by atoms with Crippen LogP contribution in [0.1, 0.15) is 11.1 Å². The van der Waals surface area contributed by atoms with Crippen molar-refractivity contribution in [2.45, 2.75) is 13.5 Å². The smallest absolute Gasteiger partial charge is 0.342 e. The third kappa shape index (κ3) is 2.85. The molecule has 3 rings (SSSR count). The molecule has 0 fully saturated rings. The summed E-state index contributed by atoms with van der Waals surface area (Å²) >= 11 is 3.45. The molecule has 1 aromatic heterocycles. The molecule has 0 unspecified atom stereocenters. The summed E-state index contributed by atoms with van der Waals surface area (Å²) in [6.07, 6.45) is 0. The molecular weight excluding hydrogens is 332 g/mol. The first kappa shape index (κ1) is 13.9. The molecule has 0 radical (unpaired) electrons.